The van der Waals surface area contributed by atoms with E-state index in [1.165, 1.54) is 19.2 Å². The van der Waals surface area contributed by atoms with Gasteiger partial charge in [0.15, 0.2) is 0 Å². The minimum Gasteiger partial charge on any atom is -0.496 e. The van der Waals surface area contributed by atoms with Gasteiger partial charge < -0.3 is 15.2 Å². The zero-order chi connectivity index (χ0) is 14.3. The highest BCUT2D eigenvalue weighted by Gasteiger charge is 2.12. The number of amides is 1. The highest BCUT2D eigenvalue weighted by Crippen LogP contribution is 2.23. The van der Waals surface area contributed by atoms with E-state index < -0.39 is 5.97 Å². The maximum absolute atomic E-state index is 11.6. The molecule has 104 valence electrons. The van der Waals surface area contributed by atoms with Gasteiger partial charge in [-0.1, -0.05) is 0 Å². The smallest absolute Gasteiger partial charge is 0.339 e. The number of nitrogens with one attached hydrogen (secondary N) is 1. The summed E-state index contributed by atoms with van der Waals surface area (Å²) in [4.78, 5) is 22.5. The number of carbonyl (C=O) groups excluding carboxylic acids is 1. The van der Waals surface area contributed by atoms with Gasteiger partial charge in [-0.2, -0.15) is 11.8 Å². The van der Waals surface area contributed by atoms with E-state index >= 15 is 0 Å². The third-order valence-corrected chi connectivity index (χ3v) is 3.16. The van der Waals surface area contributed by atoms with Crippen molar-refractivity contribution in [3.05, 3.63) is 23.8 Å². The first kappa shape index (κ1) is 15.4. The molecule has 0 fully saturated rings. The molecule has 0 atom stereocenters. The zero-order valence-corrected chi connectivity index (χ0v) is 11.8. The Bertz CT molecular complexity index is 462. The molecule has 1 aromatic carbocycles. The molecule has 0 unspecified atom stereocenters. The Morgan fingerprint density at radius 3 is 2.74 bits per heavy atom. The molecule has 0 saturated heterocycles. The van der Waals surface area contributed by atoms with Crippen LogP contribution in [0.2, 0.25) is 0 Å². The molecule has 0 heterocycles. The SMILES string of the molecule is COc1cc(NC(=O)CCCSC)ccc1C(=O)O. The highest BCUT2D eigenvalue weighted by atomic mass is 32.2. The number of ether oxygens (including phenoxy) is 1. The van der Waals surface area contributed by atoms with Crippen molar-refractivity contribution in [3.63, 3.8) is 0 Å². The van der Waals surface area contributed by atoms with Crippen LogP contribution in [0.1, 0.15) is 23.2 Å². The van der Waals surface area contributed by atoms with E-state index in [4.69, 9.17) is 9.84 Å². The maximum atomic E-state index is 11.6. The Hall–Kier alpha value is -1.69. The number of anilines is 1. The van der Waals surface area contributed by atoms with Crippen LogP contribution < -0.4 is 10.1 Å². The number of carbonyl (C=O) groups is 2. The lowest BCUT2D eigenvalue weighted by Crippen LogP contribution is -2.12. The fourth-order valence-corrected chi connectivity index (χ4v) is 1.98. The maximum Gasteiger partial charge on any atom is 0.339 e. The van der Waals surface area contributed by atoms with E-state index in [0.717, 1.165) is 12.2 Å². The van der Waals surface area contributed by atoms with Gasteiger partial charge >= 0.3 is 5.97 Å². The van der Waals surface area contributed by atoms with Crippen LogP contribution in [0.3, 0.4) is 0 Å². The Kier molecular flexibility index (Phi) is 6.21. The summed E-state index contributed by atoms with van der Waals surface area (Å²) in [6.07, 6.45) is 3.26. The number of hydrogen-bond donors (Lipinski definition) is 2. The summed E-state index contributed by atoms with van der Waals surface area (Å²) in [5.41, 5.74) is 0.610. The van der Waals surface area contributed by atoms with E-state index in [1.54, 1.807) is 17.8 Å². The Morgan fingerprint density at radius 1 is 1.42 bits per heavy atom. The molecule has 1 amide bonds. The number of carboxylic acid groups (broad SMARTS) is 1. The van der Waals surface area contributed by atoms with Crippen molar-refractivity contribution in [2.24, 2.45) is 0 Å². The van der Waals surface area contributed by atoms with Crippen molar-refractivity contribution < 1.29 is 19.4 Å². The molecule has 1 rings (SSSR count). The first-order valence-corrected chi connectivity index (χ1v) is 7.18. The molecule has 0 aliphatic carbocycles. The molecule has 2 N–H and O–H groups in total. The number of thioether (sulfide) groups is 1. The van der Waals surface area contributed by atoms with Crippen molar-refractivity contribution in [3.8, 4) is 5.75 Å². The van der Waals surface area contributed by atoms with Gasteiger partial charge in [0.25, 0.3) is 0 Å². The lowest BCUT2D eigenvalue weighted by molar-refractivity contribution is -0.116. The normalized spacial score (nSPS) is 10.0. The van der Waals surface area contributed by atoms with Crippen molar-refractivity contribution in [1.29, 1.82) is 0 Å². The number of rotatable bonds is 7. The second-order valence-corrected chi connectivity index (χ2v) is 4.85. The third kappa shape index (κ3) is 4.82. The minimum absolute atomic E-state index is 0.0721. The molecular weight excluding hydrogens is 266 g/mol. The zero-order valence-electron chi connectivity index (χ0n) is 10.9. The van der Waals surface area contributed by atoms with Crippen LogP contribution in [-0.2, 0) is 4.79 Å². The van der Waals surface area contributed by atoms with Crippen LogP contribution in [0.15, 0.2) is 18.2 Å². The predicted octanol–water partition coefficient (Wildman–Crippen LogP) is 2.48. The van der Waals surface area contributed by atoms with Crippen LogP contribution in [0, 0.1) is 0 Å². The number of methoxy groups -OCH3 is 1. The summed E-state index contributed by atoms with van der Waals surface area (Å²) < 4.78 is 4.99. The Labute approximate surface area is 116 Å². The molecule has 0 aliphatic heterocycles. The van der Waals surface area contributed by atoms with Crippen LogP contribution in [0.25, 0.3) is 0 Å². The summed E-state index contributed by atoms with van der Waals surface area (Å²) in [6.45, 7) is 0. The van der Waals surface area contributed by atoms with Crippen LogP contribution in [0.4, 0.5) is 5.69 Å². The van der Waals surface area contributed by atoms with Crippen LogP contribution in [0.5, 0.6) is 5.75 Å². The lowest BCUT2D eigenvalue weighted by atomic mass is 10.1. The molecule has 0 aromatic heterocycles. The lowest BCUT2D eigenvalue weighted by Gasteiger charge is -2.09. The van der Waals surface area contributed by atoms with Gasteiger partial charge in [0, 0.05) is 18.2 Å². The monoisotopic (exact) mass is 283 g/mol. The summed E-state index contributed by atoms with van der Waals surface area (Å²) in [5.74, 6) is 0.0256. The first-order chi connectivity index (χ1) is 9.08. The molecule has 0 bridgehead atoms. The van der Waals surface area contributed by atoms with Crippen molar-refractivity contribution in [2.45, 2.75) is 12.8 Å². The van der Waals surface area contributed by atoms with E-state index in [-0.39, 0.29) is 17.2 Å². The number of hydrogen-bond acceptors (Lipinski definition) is 4. The van der Waals surface area contributed by atoms with E-state index in [9.17, 15) is 9.59 Å². The van der Waals surface area contributed by atoms with Crippen molar-refractivity contribution in [2.75, 3.05) is 24.4 Å². The van der Waals surface area contributed by atoms with Crippen molar-refractivity contribution in [1.82, 2.24) is 0 Å². The van der Waals surface area contributed by atoms with Gasteiger partial charge in [0.05, 0.1) is 7.11 Å². The van der Waals surface area contributed by atoms with Gasteiger partial charge in [-0.15, -0.1) is 0 Å². The Morgan fingerprint density at radius 2 is 2.16 bits per heavy atom. The number of carboxylic acids is 1. The minimum atomic E-state index is -1.06. The highest BCUT2D eigenvalue weighted by molar-refractivity contribution is 7.98. The molecular formula is C13H17NO4S. The predicted molar refractivity (Wildman–Crippen MR) is 76.2 cm³/mol. The second-order valence-electron chi connectivity index (χ2n) is 3.86. The quantitative estimate of drug-likeness (QED) is 0.752. The van der Waals surface area contributed by atoms with E-state index in [1.807, 2.05) is 6.26 Å². The first-order valence-electron chi connectivity index (χ1n) is 5.78. The molecule has 19 heavy (non-hydrogen) atoms. The van der Waals surface area contributed by atoms with Gasteiger partial charge in [0.1, 0.15) is 11.3 Å². The van der Waals surface area contributed by atoms with Crippen LogP contribution >= 0.6 is 11.8 Å². The fraction of sp³-hybridized carbons (Fsp3) is 0.385. The number of benzene rings is 1. The molecule has 0 radical (unpaired) electrons. The topological polar surface area (TPSA) is 75.6 Å². The molecule has 6 heteroatoms. The van der Waals surface area contributed by atoms with Gasteiger partial charge in [0.2, 0.25) is 5.91 Å². The van der Waals surface area contributed by atoms with Gasteiger partial charge in [-0.05, 0) is 30.6 Å². The molecule has 0 saturated carbocycles. The second kappa shape index (κ2) is 7.68. The summed E-state index contributed by atoms with van der Waals surface area (Å²) in [5, 5.41) is 11.7. The third-order valence-electron chi connectivity index (χ3n) is 2.47. The standard InChI is InChI=1S/C13H17NO4S/c1-18-11-8-9(5-6-10(11)13(16)17)14-12(15)4-3-7-19-2/h5-6,8H,3-4,7H2,1-2H3,(H,14,15)(H,16,17). The molecule has 0 spiro atoms. The average molecular weight is 283 g/mol. The largest absolute Gasteiger partial charge is 0.496 e. The summed E-state index contributed by atoms with van der Waals surface area (Å²) >= 11 is 1.70. The average Bonchev–Trinajstić information content (AvgIpc) is 2.38. The van der Waals surface area contributed by atoms with E-state index in [0.29, 0.717) is 12.1 Å². The Balaban J connectivity index is 2.69. The van der Waals surface area contributed by atoms with Gasteiger partial charge in [-0.25, -0.2) is 4.79 Å². The van der Waals surface area contributed by atoms with Crippen LogP contribution in [-0.4, -0.2) is 36.1 Å². The van der Waals surface area contributed by atoms with E-state index in [2.05, 4.69) is 5.32 Å². The van der Waals surface area contributed by atoms with Gasteiger partial charge in [-0.3, -0.25) is 4.79 Å². The van der Waals surface area contributed by atoms with Crippen molar-refractivity contribution >= 4 is 29.3 Å². The number of aromatic carboxylic acids is 1. The molecule has 5 nitrogen and oxygen atoms in total. The summed E-state index contributed by atoms with van der Waals surface area (Å²) in [6, 6.07) is 4.48. The summed E-state index contributed by atoms with van der Waals surface area (Å²) in [7, 11) is 1.39. The molecule has 1 aromatic rings. The molecule has 0 aliphatic rings. The fourth-order valence-electron chi connectivity index (χ4n) is 1.55.